The summed E-state index contributed by atoms with van der Waals surface area (Å²) < 4.78 is 37.3. The van der Waals surface area contributed by atoms with E-state index in [0.29, 0.717) is 30.4 Å². The summed E-state index contributed by atoms with van der Waals surface area (Å²) in [6.07, 6.45) is 1.08. The molecular weight excluding hydrogens is 440 g/mol. The first-order valence-electron chi connectivity index (χ1n) is 10.6. The molecule has 8 heteroatoms. The van der Waals surface area contributed by atoms with Crippen molar-refractivity contribution in [3.63, 3.8) is 0 Å². The summed E-state index contributed by atoms with van der Waals surface area (Å²) >= 11 is 0. The molecule has 1 heterocycles. The number of carbonyl (C=O) groups excluding carboxylic acids is 1. The van der Waals surface area contributed by atoms with Crippen LogP contribution in [0.2, 0.25) is 0 Å². The van der Waals surface area contributed by atoms with Crippen molar-refractivity contribution < 1.29 is 22.7 Å². The maximum Gasteiger partial charge on any atom is 0.241 e. The minimum Gasteiger partial charge on any atom is -0.486 e. The predicted molar refractivity (Wildman–Crippen MR) is 127 cm³/mol. The monoisotopic (exact) mass is 466 g/mol. The topological polar surface area (TPSA) is 84.9 Å². The van der Waals surface area contributed by atoms with Crippen molar-refractivity contribution in [2.24, 2.45) is 0 Å². The summed E-state index contributed by atoms with van der Waals surface area (Å²) in [6, 6.07) is 21.9. The van der Waals surface area contributed by atoms with Crippen LogP contribution in [0.25, 0.3) is 0 Å². The summed E-state index contributed by atoms with van der Waals surface area (Å²) in [5.41, 5.74) is 3.26. The molecule has 1 aliphatic heterocycles. The Balaban J connectivity index is 1.60. The lowest BCUT2D eigenvalue weighted by Crippen LogP contribution is -2.41. The molecule has 1 aliphatic rings. The number of rotatable bonds is 7. The van der Waals surface area contributed by atoms with E-state index in [2.05, 4.69) is 5.32 Å². The molecule has 0 fully saturated rings. The van der Waals surface area contributed by atoms with Crippen molar-refractivity contribution in [2.45, 2.75) is 13.0 Å². The minimum atomic E-state index is -3.73. The Morgan fingerprint density at radius 3 is 2.24 bits per heavy atom. The van der Waals surface area contributed by atoms with Gasteiger partial charge in [-0.05, 0) is 30.2 Å². The fourth-order valence-electron chi connectivity index (χ4n) is 3.69. The first kappa shape index (κ1) is 22.7. The number of aryl methyl sites for hydroxylation is 1. The second-order valence-corrected chi connectivity index (χ2v) is 9.83. The number of hydrogen-bond acceptors (Lipinski definition) is 5. The Bertz CT molecular complexity index is 1230. The Kier molecular flexibility index (Phi) is 6.55. The van der Waals surface area contributed by atoms with E-state index in [9.17, 15) is 13.2 Å². The van der Waals surface area contributed by atoms with Gasteiger partial charge in [0, 0.05) is 6.07 Å². The predicted octanol–water partition coefficient (Wildman–Crippen LogP) is 3.44. The molecule has 3 aromatic carbocycles. The third-order valence-corrected chi connectivity index (χ3v) is 6.49. The van der Waals surface area contributed by atoms with Gasteiger partial charge >= 0.3 is 0 Å². The van der Waals surface area contributed by atoms with Gasteiger partial charge in [0.05, 0.1) is 18.0 Å². The third kappa shape index (κ3) is 5.46. The first-order chi connectivity index (χ1) is 15.8. The fraction of sp³-hybridized carbons (Fsp3) is 0.240. The van der Waals surface area contributed by atoms with Gasteiger partial charge in [0.2, 0.25) is 15.9 Å². The molecule has 1 N–H and O–H groups in total. The molecule has 4 rings (SSSR count). The van der Waals surface area contributed by atoms with Crippen molar-refractivity contribution in [1.82, 2.24) is 5.32 Å². The van der Waals surface area contributed by atoms with Gasteiger partial charge in [-0.1, -0.05) is 60.2 Å². The zero-order chi connectivity index (χ0) is 23.4. The Morgan fingerprint density at radius 2 is 1.58 bits per heavy atom. The number of fused-ring (bicyclic) bond motifs is 1. The van der Waals surface area contributed by atoms with Crippen molar-refractivity contribution in [3.8, 4) is 11.5 Å². The van der Waals surface area contributed by atoms with Crippen molar-refractivity contribution in [1.29, 1.82) is 0 Å². The quantitative estimate of drug-likeness (QED) is 0.577. The van der Waals surface area contributed by atoms with E-state index >= 15 is 0 Å². The van der Waals surface area contributed by atoms with Gasteiger partial charge in [-0.3, -0.25) is 9.10 Å². The van der Waals surface area contributed by atoms with Crippen molar-refractivity contribution >= 4 is 21.6 Å². The fourth-order valence-corrected chi connectivity index (χ4v) is 4.54. The number of nitrogens with zero attached hydrogens (tertiary/aromatic N) is 1. The van der Waals surface area contributed by atoms with Crippen LogP contribution in [0.4, 0.5) is 5.69 Å². The summed E-state index contributed by atoms with van der Waals surface area (Å²) in [4.78, 5) is 13.1. The average molecular weight is 467 g/mol. The molecule has 0 aromatic heterocycles. The molecule has 172 valence electrons. The van der Waals surface area contributed by atoms with E-state index in [-0.39, 0.29) is 6.54 Å². The summed E-state index contributed by atoms with van der Waals surface area (Å²) in [6.45, 7) is 2.44. The second-order valence-electron chi connectivity index (χ2n) is 7.92. The molecule has 0 radical (unpaired) electrons. The van der Waals surface area contributed by atoms with Gasteiger partial charge < -0.3 is 14.8 Å². The second kappa shape index (κ2) is 9.54. The van der Waals surface area contributed by atoms with Crippen LogP contribution < -0.4 is 19.1 Å². The van der Waals surface area contributed by atoms with Crippen LogP contribution in [0.3, 0.4) is 0 Å². The molecule has 0 bridgehead atoms. The van der Waals surface area contributed by atoms with Gasteiger partial charge in [-0.2, -0.15) is 0 Å². The number of sulfonamides is 1. The van der Waals surface area contributed by atoms with Gasteiger partial charge in [-0.15, -0.1) is 0 Å². The molecule has 0 aliphatic carbocycles. The highest BCUT2D eigenvalue weighted by atomic mass is 32.2. The SMILES string of the molecule is Cc1ccc([C@H](NC(=O)CN(c2ccc3c(c2)OCCO3)S(C)(=O)=O)c2ccccc2)cc1. The van der Waals surface area contributed by atoms with Crippen LogP contribution in [-0.2, 0) is 14.8 Å². The number of anilines is 1. The summed E-state index contributed by atoms with van der Waals surface area (Å²) in [5, 5.41) is 3.00. The number of hydrogen-bond donors (Lipinski definition) is 1. The van der Waals surface area contributed by atoms with Gasteiger partial charge in [-0.25, -0.2) is 8.42 Å². The number of nitrogens with one attached hydrogen (secondary N) is 1. The largest absolute Gasteiger partial charge is 0.486 e. The molecule has 3 aromatic rings. The maximum absolute atomic E-state index is 13.1. The Morgan fingerprint density at radius 1 is 0.939 bits per heavy atom. The van der Waals surface area contributed by atoms with E-state index in [0.717, 1.165) is 27.3 Å². The molecule has 33 heavy (non-hydrogen) atoms. The maximum atomic E-state index is 13.1. The van der Waals surface area contributed by atoms with Crippen LogP contribution in [-0.4, -0.2) is 40.3 Å². The lowest BCUT2D eigenvalue weighted by molar-refractivity contribution is -0.120. The molecular formula is C25H26N2O5S. The highest BCUT2D eigenvalue weighted by Gasteiger charge is 2.25. The van der Waals surface area contributed by atoms with Gasteiger partial charge in [0.25, 0.3) is 0 Å². The number of amides is 1. The van der Waals surface area contributed by atoms with Crippen molar-refractivity contribution in [2.75, 3.05) is 30.3 Å². The van der Waals surface area contributed by atoms with E-state index in [1.165, 1.54) is 0 Å². The first-order valence-corrected chi connectivity index (χ1v) is 12.4. The highest BCUT2D eigenvalue weighted by molar-refractivity contribution is 7.92. The molecule has 0 spiro atoms. The van der Waals surface area contributed by atoms with E-state index in [1.807, 2.05) is 61.5 Å². The molecule has 1 atom stereocenters. The third-order valence-electron chi connectivity index (χ3n) is 5.35. The van der Waals surface area contributed by atoms with E-state index in [1.54, 1.807) is 18.2 Å². The molecule has 7 nitrogen and oxygen atoms in total. The Hall–Kier alpha value is -3.52. The minimum absolute atomic E-state index is 0.337. The standard InChI is InChI=1S/C25H26N2O5S/c1-18-8-10-20(11-9-18)25(19-6-4-3-5-7-19)26-24(28)17-27(33(2,29)30)21-12-13-22-23(16-21)32-15-14-31-22/h3-13,16,25H,14-15,17H2,1-2H3,(H,26,28)/t25-/m1/s1. The smallest absolute Gasteiger partial charge is 0.241 e. The summed E-state index contributed by atoms with van der Waals surface area (Å²) in [5.74, 6) is 0.575. The molecule has 0 saturated heterocycles. The molecule has 0 unspecified atom stereocenters. The normalized spacial score (nSPS) is 13.8. The van der Waals surface area contributed by atoms with Crippen LogP contribution >= 0.6 is 0 Å². The lowest BCUT2D eigenvalue weighted by atomic mass is 9.98. The van der Waals surface area contributed by atoms with Gasteiger partial charge in [0.1, 0.15) is 19.8 Å². The van der Waals surface area contributed by atoms with Crippen LogP contribution in [0.1, 0.15) is 22.7 Å². The zero-order valence-corrected chi connectivity index (χ0v) is 19.3. The van der Waals surface area contributed by atoms with E-state index < -0.39 is 22.0 Å². The van der Waals surface area contributed by atoms with Crippen LogP contribution in [0, 0.1) is 6.92 Å². The number of benzene rings is 3. The van der Waals surface area contributed by atoms with E-state index in [4.69, 9.17) is 9.47 Å². The molecule has 1 amide bonds. The van der Waals surface area contributed by atoms with Crippen molar-refractivity contribution in [3.05, 3.63) is 89.5 Å². The van der Waals surface area contributed by atoms with Gasteiger partial charge in [0.15, 0.2) is 11.5 Å². The Labute approximate surface area is 194 Å². The van der Waals surface area contributed by atoms with Crippen LogP contribution in [0.15, 0.2) is 72.8 Å². The average Bonchev–Trinajstić information content (AvgIpc) is 2.81. The highest BCUT2D eigenvalue weighted by Crippen LogP contribution is 2.34. The summed E-state index contributed by atoms with van der Waals surface area (Å²) in [7, 11) is -3.73. The number of carbonyl (C=O) groups is 1. The zero-order valence-electron chi connectivity index (χ0n) is 18.5. The van der Waals surface area contributed by atoms with Crippen LogP contribution in [0.5, 0.6) is 11.5 Å². The lowest BCUT2D eigenvalue weighted by Gasteiger charge is -2.26. The number of ether oxygens (including phenoxy) is 2. The molecule has 0 saturated carbocycles.